The zero-order valence-corrected chi connectivity index (χ0v) is 18.5. The summed E-state index contributed by atoms with van der Waals surface area (Å²) in [6.07, 6.45) is 6.52. The lowest BCUT2D eigenvalue weighted by atomic mass is 9.78. The van der Waals surface area contributed by atoms with Crippen LogP contribution >= 0.6 is 11.3 Å². The van der Waals surface area contributed by atoms with Crippen molar-refractivity contribution in [1.82, 2.24) is 20.5 Å². The van der Waals surface area contributed by atoms with E-state index in [4.69, 9.17) is 0 Å². The highest BCUT2D eigenvalue weighted by Gasteiger charge is 2.35. The lowest BCUT2D eigenvalue weighted by Crippen LogP contribution is -2.53. The van der Waals surface area contributed by atoms with Crippen molar-refractivity contribution in [1.29, 1.82) is 0 Å². The van der Waals surface area contributed by atoms with Crippen molar-refractivity contribution in [2.24, 2.45) is 0 Å². The highest BCUT2D eigenvalue weighted by Crippen LogP contribution is 2.37. The standard InChI is InChI=1S/C23H26FN5OS/c1-14-25-12-21(31-14)16-11-20(30)17(10-18(16)24)19-4-5-22(28-27-19)29-9-6-15(13-29)26-23(2)7-3-8-23/h4-5,10-12,15,26,30H,3,6-9,13H2,1-2H3/t15-/m1/s1. The first-order valence-corrected chi connectivity index (χ1v) is 11.5. The Morgan fingerprint density at radius 3 is 2.71 bits per heavy atom. The van der Waals surface area contributed by atoms with Crippen LogP contribution in [0.2, 0.25) is 0 Å². The number of halogens is 1. The number of phenolic OH excluding ortho intramolecular Hbond substituents is 1. The lowest BCUT2D eigenvalue weighted by Gasteiger charge is -2.41. The van der Waals surface area contributed by atoms with Crippen molar-refractivity contribution < 1.29 is 9.50 Å². The van der Waals surface area contributed by atoms with Gasteiger partial charge < -0.3 is 15.3 Å². The average Bonchev–Trinajstić information content (AvgIpc) is 3.37. The summed E-state index contributed by atoms with van der Waals surface area (Å²) in [5, 5.41) is 23.8. The first kappa shape index (κ1) is 20.3. The van der Waals surface area contributed by atoms with Gasteiger partial charge in [0.2, 0.25) is 0 Å². The molecule has 8 heteroatoms. The van der Waals surface area contributed by atoms with Gasteiger partial charge in [0.05, 0.1) is 15.6 Å². The maximum atomic E-state index is 14.8. The van der Waals surface area contributed by atoms with E-state index in [9.17, 15) is 9.50 Å². The molecule has 2 N–H and O–H groups in total. The molecule has 1 saturated carbocycles. The van der Waals surface area contributed by atoms with Crippen molar-refractivity contribution in [3.63, 3.8) is 0 Å². The second kappa shape index (κ2) is 7.84. The van der Waals surface area contributed by atoms with Gasteiger partial charge in [-0.05, 0) is 63.8 Å². The summed E-state index contributed by atoms with van der Waals surface area (Å²) >= 11 is 1.39. The molecular formula is C23H26FN5OS. The van der Waals surface area contributed by atoms with E-state index in [1.807, 2.05) is 13.0 Å². The van der Waals surface area contributed by atoms with Crippen LogP contribution in [-0.4, -0.2) is 45.0 Å². The molecule has 1 aromatic carbocycles. The van der Waals surface area contributed by atoms with Gasteiger partial charge in [-0.1, -0.05) is 0 Å². The molecule has 2 aromatic heterocycles. The van der Waals surface area contributed by atoms with E-state index < -0.39 is 5.82 Å². The van der Waals surface area contributed by atoms with Gasteiger partial charge in [-0.2, -0.15) is 0 Å². The summed E-state index contributed by atoms with van der Waals surface area (Å²) in [6.45, 7) is 6.02. The first-order valence-electron chi connectivity index (χ1n) is 10.7. The van der Waals surface area contributed by atoms with Crippen molar-refractivity contribution in [2.75, 3.05) is 18.0 Å². The van der Waals surface area contributed by atoms with Crippen molar-refractivity contribution in [2.45, 2.75) is 51.1 Å². The highest BCUT2D eigenvalue weighted by atomic mass is 32.1. The summed E-state index contributed by atoms with van der Waals surface area (Å²) in [6, 6.07) is 6.91. The van der Waals surface area contributed by atoms with E-state index >= 15 is 0 Å². The molecule has 0 bridgehead atoms. The zero-order valence-electron chi connectivity index (χ0n) is 17.7. The van der Waals surface area contributed by atoms with E-state index in [0.717, 1.165) is 30.3 Å². The fourth-order valence-corrected chi connectivity index (χ4v) is 5.31. The summed E-state index contributed by atoms with van der Waals surface area (Å²) in [4.78, 5) is 7.08. The molecule has 0 amide bonds. The minimum absolute atomic E-state index is 0.0244. The smallest absolute Gasteiger partial charge is 0.151 e. The number of hydrogen-bond donors (Lipinski definition) is 2. The molecule has 1 atom stereocenters. The van der Waals surface area contributed by atoms with Crippen molar-refractivity contribution in [3.8, 4) is 27.4 Å². The molecule has 2 fully saturated rings. The van der Waals surface area contributed by atoms with Gasteiger partial charge in [0.25, 0.3) is 0 Å². The summed E-state index contributed by atoms with van der Waals surface area (Å²) in [7, 11) is 0. The quantitative estimate of drug-likeness (QED) is 0.608. The molecule has 162 valence electrons. The predicted molar refractivity (Wildman–Crippen MR) is 121 cm³/mol. The predicted octanol–water partition coefficient (Wildman–Crippen LogP) is 4.53. The molecule has 2 aliphatic rings. The number of aromatic hydroxyl groups is 1. The number of nitrogens with one attached hydrogen (secondary N) is 1. The average molecular weight is 440 g/mol. The van der Waals surface area contributed by atoms with E-state index in [1.54, 1.807) is 12.3 Å². The minimum Gasteiger partial charge on any atom is -0.507 e. The van der Waals surface area contributed by atoms with Gasteiger partial charge in [-0.15, -0.1) is 21.5 Å². The molecular weight excluding hydrogens is 413 g/mol. The van der Waals surface area contributed by atoms with Crippen LogP contribution in [0.4, 0.5) is 10.2 Å². The molecule has 5 rings (SSSR count). The number of thiazole rings is 1. The van der Waals surface area contributed by atoms with Crippen molar-refractivity contribution in [3.05, 3.63) is 41.3 Å². The molecule has 3 heterocycles. The fourth-order valence-electron chi connectivity index (χ4n) is 4.51. The van der Waals surface area contributed by atoms with Gasteiger partial charge in [-0.3, -0.25) is 0 Å². The minimum atomic E-state index is -0.416. The van der Waals surface area contributed by atoms with Crippen LogP contribution in [0.3, 0.4) is 0 Å². The Morgan fingerprint density at radius 2 is 2.06 bits per heavy atom. The molecule has 1 aliphatic carbocycles. The van der Waals surface area contributed by atoms with E-state index in [1.165, 1.54) is 42.7 Å². The fraction of sp³-hybridized carbons (Fsp3) is 0.435. The topological polar surface area (TPSA) is 74.2 Å². The number of rotatable bonds is 5. The number of anilines is 1. The Bertz CT molecular complexity index is 1100. The Balaban J connectivity index is 1.31. The highest BCUT2D eigenvalue weighted by molar-refractivity contribution is 7.15. The van der Waals surface area contributed by atoms with Gasteiger partial charge in [-0.25, -0.2) is 9.37 Å². The van der Waals surface area contributed by atoms with Crippen LogP contribution in [0, 0.1) is 12.7 Å². The van der Waals surface area contributed by atoms with Gasteiger partial charge in [0.1, 0.15) is 11.6 Å². The van der Waals surface area contributed by atoms with Crippen LogP contribution in [-0.2, 0) is 0 Å². The normalized spacial score (nSPS) is 20.1. The van der Waals surface area contributed by atoms with Crippen LogP contribution < -0.4 is 10.2 Å². The number of hydrogen-bond acceptors (Lipinski definition) is 7. The second-order valence-electron chi connectivity index (χ2n) is 8.86. The first-order chi connectivity index (χ1) is 14.9. The largest absolute Gasteiger partial charge is 0.507 e. The molecule has 0 spiro atoms. The third-order valence-corrected chi connectivity index (χ3v) is 7.37. The van der Waals surface area contributed by atoms with Gasteiger partial charge in [0, 0.05) is 42.0 Å². The Labute approximate surface area is 185 Å². The SMILES string of the molecule is Cc1ncc(-c2cc(O)c(-c3ccc(N4CC[C@@H](NC5(C)CCC5)C4)nn3)cc2F)s1. The molecule has 0 radical (unpaired) electrons. The Kier molecular flexibility index (Phi) is 5.14. The van der Waals surface area contributed by atoms with Gasteiger partial charge in [0.15, 0.2) is 5.82 Å². The third kappa shape index (κ3) is 4.02. The van der Waals surface area contributed by atoms with Crippen LogP contribution in [0.1, 0.15) is 37.6 Å². The number of phenols is 1. The Morgan fingerprint density at radius 1 is 1.23 bits per heavy atom. The van der Waals surface area contributed by atoms with Crippen LogP contribution in [0.15, 0.2) is 30.5 Å². The third-order valence-electron chi connectivity index (χ3n) is 6.42. The molecule has 6 nitrogen and oxygen atoms in total. The lowest BCUT2D eigenvalue weighted by molar-refractivity contribution is 0.189. The molecule has 1 aliphatic heterocycles. The van der Waals surface area contributed by atoms with Crippen LogP contribution in [0.25, 0.3) is 21.7 Å². The number of nitrogens with zero attached hydrogens (tertiary/aromatic N) is 4. The maximum absolute atomic E-state index is 14.8. The summed E-state index contributed by atoms with van der Waals surface area (Å²) in [5.41, 5.74) is 1.41. The monoisotopic (exact) mass is 439 g/mol. The van der Waals surface area contributed by atoms with Crippen molar-refractivity contribution >= 4 is 17.2 Å². The van der Waals surface area contributed by atoms with E-state index in [0.29, 0.717) is 33.3 Å². The number of benzene rings is 1. The second-order valence-corrected chi connectivity index (χ2v) is 10.1. The maximum Gasteiger partial charge on any atom is 0.151 e. The molecule has 1 saturated heterocycles. The summed E-state index contributed by atoms with van der Waals surface area (Å²) in [5.74, 6) is 0.368. The van der Waals surface area contributed by atoms with Crippen LogP contribution in [0.5, 0.6) is 5.75 Å². The summed E-state index contributed by atoms with van der Waals surface area (Å²) < 4.78 is 14.8. The van der Waals surface area contributed by atoms with E-state index in [-0.39, 0.29) is 5.75 Å². The zero-order chi connectivity index (χ0) is 21.6. The molecule has 3 aromatic rings. The number of aryl methyl sites for hydroxylation is 1. The molecule has 0 unspecified atom stereocenters. The van der Waals surface area contributed by atoms with Gasteiger partial charge >= 0.3 is 0 Å². The molecule has 31 heavy (non-hydrogen) atoms. The number of aromatic nitrogens is 3. The Hall–Kier alpha value is -2.58. The van der Waals surface area contributed by atoms with E-state index in [2.05, 4.69) is 32.3 Å².